The van der Waals surface area contributed by atoms with Gasteiger partial charge in [0.1, 0.15) is 12.1 Å². The van der Waals surface area contributed by atoms with Crippen molar-refractivity contribution in [3.8, 4) is 0 Å². The number of carbonyl (C=O) groups excluding carboxylic acids is 2. The second kappa shape index (κ2) is 12.4. The zero-order chi connectivity index (χ0) is 22.7. The van der Waals surface area contributed by atoms with Crippen LogP contribution in [0.2, 0.25) is 0 Å². The Morgan fingerprint density at radius 3 is 2.17 bits per heavy atom. The molecule has 0 bridgehead atoms. The first-order chi connectivity index (χ1) is 14.1. The van der Waals surface area contributed by atoms with E-state index in [-0.39, 0.29) is 31.3 Å². The molecule has 1 aromatic carbocycles. The van der Waals surface area contributed by atoms with Gasteiger partial charge in [0.15, 0.2) is 5.96 Å². The molecule has 0 heterocycles. The van der Waals surface area contributed by atoms with E-state index in [1.54, 1.807) is 38.1 Å². The smallest absolute Gasteiger partial charge is 0.326 e. The molecule has 0 saturated carbocycles. The van der Waals surface area contributed by atoms with Gasteiger partial charge in [-0.05, 0) is 24.3 Å². The second-order valence-electron chi connectivity index (χ2n) is 7.37. The van der Waals surface area contributed by atoms with Crippen LogP contribution in [-0.2, 0) is 20.8 Å². The van der Waals surface area contributed by atoms with Gasteiger partial charge in [-0.2, -0.15) is 0 Å². The van der Waals surface area contributed by atoms with Crippen molar-refractivity contribution in [2.24, 2.45) is 28.1 Å². The molecular weight excluding hydrogens is 388 g/mol. The predicted molar refractivity (Wildman–Crippen MR) is 114 cm³/mol. The van der Waals surface area contributed by atoms with Crippen molar-refractivity contribution in [2.75, 3.05) is 6.54 Å². The molecule has 0 unspecified atom stereocenters. The zero-order valence-electron chi connectivity index (χ0n) is 17.4. The highest BCUT2D eigenvalue weighted by molar-refractivity contribution is 5.91. The average molecular weight is 421 g/mol. The maximum atomic E-state index is 12.8. The SMILES string of the molecule is CC(C)[C@H](N)C(=O)N[C@@H](CCCN=C(N)N)C(=O)N[C@@H](Cc1ccccc1)C(=O)O. The van der Waals surface area contributed by atoms with Gasteiger partial charge in [-0.25, -0.2) is 4.79 Å². The third kappa shape index (κ3) is 8.91. The Kier molecular flexibility index (Phi) is 10.3. The van der Waals surface area contributed by atoms with E-state index in [2.05, 4.69) is 15.6 Å². The number of aliphatic imine (C=N–C) groups is 1. The van der Waals surface area contributed by atoms with Gasteiger partial charge >= 0.3 is 5.97 Å². The molecule has 0 fully saturated rings. The predicted octanol–water partition coefficient (Wildman–Crippen LogP) is -0.680. The molecule has 0 radical (unpaired) electrons. The van der Waals surface area contributed by atoms with Gasteiger partial charge < -0.3 is 32.9 Å². The number of carboxylic acids is 1. The minimum absolute atomic E-state index is 0.0735. The first-order valence-corrected chi connectivity index (χ1v) is 9.80. The van der Waals surface area contributed by atoms with E-state index in [9.17, 15) is 19.5 Å². The van der Waals surface area contributed by atoms with Crippen LogP contribution in [0.5, 0.6) is 0 Å². The van der Waals surface area contributed by atoms with Gasteiger partial charge in [-0.1, -0.05) is 44.2 Å². The molecule has 2 amide bonds. The van der Waals surface area contributed by atoms with Crippen LogP contribution in [-0.4, -0.2) is 53.5 Å². The number of hydrogen-bond donors (Lipinski definition) is 6. The molecule has 1 rings (SSSR count). The molecule has 9 N–H and O–H groups in total. The molecule has 0 aliphatic carbocycles. The number of aliphatic carboxylic acids is 1. The van der Waals surface area contributed by atoms with E-state index >= 15 is 0 Å². The average Bonchev–Trinajstić information content (AvgIpc) is 2.69. The largest absolute Gasteiger partial charge is 0.480 e. The van der Waals surface area contributed by atoms with Gasteiger partial charge in [0, 0.05) is 13.0 Å². The van der Waals surface area contributed by atoms with Crippen molar-refractivity contribution in [3.63, 3.8) is 0 Å². The second-order valence-corrected chi connectivity index (χ2v) is 7.37. The number of nitrogens with zero attached hydrogens (tertiary/aromatic N) is 1. The van der Waals surface area contributed by atoms with Crippen LogP contribution < -0.4 is 27.8 Å². The van der Waals surface area contributed by atoms with E-state index in [1.807, 2.05) is 6.07 Å². The Morgan fingerprint density at radius 1 is 1.03 bits per heavy atom. The molecule has 0 aliphatic heterocycles. The summed E-state index contributed by atoms with van der Waals surface area (Å²) >= 11 is 0. The normalized spacial score (nSPS) is 13.7. The molecule has 0 aliphatic rings. The number of carbonyl (C=O) groups is 3. The Labute approximate surface area is 176 Å². The van der Waals surface area contributed by atoms with Crippen LogP contribution in [0.1, 0.15) is 32.3 Å². The van der Waals surface area contributed by atoms with Crippen LogP contribution in [0, 0.1) is 5.92 Å². The van der Waals surface area contributed by atoms with E-state index in [4.69, 9.17) is 17.2 Å². The van der Waals surface area contributed by atoms with Gasteiger partial charge in [0.25, 0.3) is 0 Å². The van der Waals surface area contributed by atoms with Gasteiger partial charge in [0.2, 0.25) is 11.8 Å². The quantitative estimate of drug-likeness (QED) is 0.147. The highest BCUT2D eigenvalue weighted by Gasteiger charge is 2.28. The number of benzene rings is 1. The van der Waals surface area contributed by atoms with Crippen LogP contribution in [0.4, 0.5) is 0 Å². The molecular formula is C20H32N6O4. The summed E-state index contributed by atoms with van der Waals surface area (Å²) in [6, 6.07) is 6.04. The third-order valence-electron chi connectivity index (χ3n) is 4.50. The fraction of sp³-hybridized carbons (Fsp3) is 0.500. The maximum absolute atomic E-state index is 12.8. The number of nitrogens with two attached hydrogens (primary N) is 3. The van der Waals surface area contributed by atoms with Crippen molar-refractivity contribution in [1.82, 2.24) is 10.6 Å². The summed E-state index contributed by atoms with van der Waals surface area (Å²) in [6.45, 7) is 3.85. The number of amides is 2. The highest BCUT2D eigenvalue weighted by atomic mass is 16.4. The van der Waals surface area contributed by atoms with Crippen LogP contribution in [0.3, 0.4) is 0 Å². The maximum Gasteiger partial charge on any atom is 0.326 e. The van der Waals surface area contributed by atoms with Crippen molar-refractivity contribution in [2.45, 2.75) is 51.2 Å². The number of rotatable bonds is 12. The van der Waals surface area contributed by atoms with E-state index in [1.165, 1.54) is 0 Å². The van der Waals surface area contributed by atoms with Crippen molar-refractivity contribution in [1.29, 1.82) is 0 Å². The first kappa shape index (κ1) is 24.9. The first-order valence-electron chi connectivity index (χ1n) is 9.80. The number of nitrogens with one attached hydrogen (secondary N) is 2. The minimum atomic E-state index is -1.17. The molecule has 0 spiro atoms. The molecule has 30 heavy (non-hydrogen) atoms. The topological polar surface area (TPSA) is 186 Å². The van der Waals surface area contributed by atoms with Gasteiger partial charge in [-0.15, -0.1) is 0 Å². The fourth-order valence-electron chi connectivity index (χ4n) is 2.67. The lowest BCUT2D eigenvalue weighted by molar-refractivity contribution is -0.142. The Morgan fingerprint density at radius 2 is 1.63 bits per heavy atom. The van der Waals surface area contributed by atoms with Crippen LogP contribution in [0.15, 0.2) is 35.3 Å². The molecule has 10 heteroatoms. The summed E-state index contributed by atoms with van der Waals surface area (Å²) in [5.74, 6) is -2.46. The molecule has 10 nitrogen and oxygen atoms in total. The van der Waals surface area contributed by atoms with Crippen molar-refractivity contribution < 1.29 is 19.5 Å². The number of carboxylic acid groups (broad SMARTS) is 1. The summed E-state index contributed by atoms with van der Waals surface area (Å²) in [5.41, 5.74) is 17.2. The molecule has 166 valence electrons. The summed E-state index contributed by atoms with van der Waals surface area (Å²) in [7, 11) is 0. The van der Waals surface area contributed by atoms with E-state index in [0.29, 0.717) is 6.42 Å². The van der Waals surface area contributed by atoms with Gasteiger partial charge in [-0.3, -0.25) is 14.6 Å². The summed E-state index contributed by atoms with van der Waals surface area (Å²) < 4.78 is 0. The monoisotopic (exact) mass is 420 g/mol. The lowest BCUT2D eigenvalue weighted by Crippen LogP contribution is -2.55. The lowest BCUT2D eigenvalue weighted by atomic mass is 10.0. The van der Waals surface area contributed by atoms with Gasteiger partial charge in [0.05, 0.1) is 6.04 Å². The Balaban J connectivity index is 2.87. The summed E-state index contributed by atoms with van der Waals surface area (Å²) in [4.78, 5) is 40.6. The summed E-state index contributed by atoms with van der Waals surface area (Å²) in [6.07, 6.45) is 0.739. The van der Waals surface area contributed by atoms with E-state index in [0.717, 1.165) is 5.56 Å². The third-order valence-corrected chi connectivity index (χ3v) is 4.50. The van der Waals surface area contributed by atoms with E-state index < -0.39 is 35.9 Å². The standard InChI is InChI=1S/C20H32N6O4/c1-12(2)16(21)18(28)25-14(9-6-10-24-20(22)23)17(27)26-15(19(29)30)11-13-7-4-3-5-8-13/h3-5,7-8,12,14-16H,6,9-11,21H2,1-2H3,(H,25,28)(H,26,27)(H,29,30)(H4,22,23,24)/t14-,15-,16-/m0/s1. The fourth-order valence-corrected chi connectivity index (χ4v) is 2.67. The molecule has 3 atom stereocenters. The number of hydrogen-bond acceptors (Lipinski definition) is 5. The highest BCUT2D eigenvalue weighted by Crippen LogP contribution is 2.07. The zero-order valence-corrected chi connectivity index (χ0v) is 17.4. The Bertz CT molecular complexity index is 734. The number of guanidine groups is 1. The van der Waals surface area contributed by atoms with Crippen LogP contribution >= 0.6 is 0 Å². The molecule has 1 aromatic rings. The van der Waals surface area contributed by atoms with Crippen molar-refractivity contribution >= 4 is 23.7 Å². The Hall–Kier alpha value is -3.14. The molecule has 0 saturated heterocycles. The van der Waals surface area contributed by atoms with Crippen molar-refractivity contribution in [3.05, 3.63) is 35.9 Å². The summed E-state index contributed by atoms with van der Waals surface area (Å²) in [5, 5.41) is 14.6. The minimum Gasteiger partial charge on any atom is -0.480 e. The lowest BCUT2D eigenvalue weighted by Gasteiger charge is -2.24. The van der Waals surface area contributed by atoms with Crippen LogP contribution in [0.25, 0.3) is 0 Å². The molecule has 0 aromatic heterocycles.